The zero-order chi connectivity index (χ0) is 42.1. The van der Waals surface area contributed by atoms with Gasteiger partial charge in [0.05, 0.1) is 48.4 Å². The van der Waals surface area contributed by atoms with Crippen molar-refractivity contribution < 1.29 is 37.7 Å². The summed E-state index contributed by atoms with van der Waals surface area (Å²) < 4.78 is 39.0. The van der Waals surface area contributed by atoms with Crippen LogP contribution in [0.25, 0.3) is 22.2 Å². The van der Waals surface area contributed by atoms with Gasteiger partial charge in [-0.05, 0) is 73.8 Å². The van der Waals surface area contributed by atoms with Crippen LogP contribution in [0.5, 0.6) is 17.2 Å². The van der Waals surface area contributed by atoms with Gasteiger partial charge in [-0.1, -0.05) is 74.8 Å². The van der Waals surface area contributed by atoms with Crippen LogP contribution in [0.2, 0.25) is 5.02 Å². The minimum absolute atomic E-state index is 0.0980. The van der Waals surface area contributed by atoms with Gasteiger partial charge >= 0.3 is 5.97 Å². The second-order valence-corrected chi connectivity index (χ2v) is 20.6. The molecule has 1 amide bonds. The number of likely N-dealkylation sites (tertiary alicyclic amines) is 1. The quantitative estimate of drug-likeness (QED) is 0.0654. The number of halogens is 1. The van der Waals surface area contributed by atoms with Gasteiger partial charge in [-0.15, -0.1) is 6.58 Å². The maximum Gasteiger partial charge on any atom is 0.306 e. The average molecular weight is 841 g/mol. The van der Waals surface area contributed by atoms with Crippen LogP contribution < -0.4 is 14.0 Å². The van der Waals surface area contributed by atoms with Gasteiger partial charge in [-0.25, -0.2) is 4.98 Å². The Balaban J connectivity index is 1.22. The van der Waals surface area contributed by atoms with Crippen molar-refractivity contribution in [3.8, 4) is 28.5 Å². The molecule has 1 saturated heterocycles. The molecule has 6 atom stereocenters. The van der Waals surface area contributed by atoms with Crippen molar-refractivity contribution in [2.24, 2.45) is 17.3 Å². The number of rotatable bonds is 15. The van der Waals surface area contributed by atoms with Gasteiger partial charge in [-0.2, -0.15) is 0 Å². The van der Waals surface area contributed by atoms with Crippen LogP contribution in [0.4, 0.5) is 0 Å². The summed E-state index contributed by atoms with van der Waals surface area (Å²) in [7, 11) is -1.92. The van der Waals surface area contributed by atoms with Gasteiger partial charge in [0.15, 0.2) is 5.78 Å². The second kappa shape index (κ2) is 17.1. The number of hydrogen-bond donors (Lipinski definition) is 0. The second-order valence-electron chi connectivity index (χ2n) is 17.4. The van der Waals surface area contributed by atoms with E-state index < -0.39 is 42.0 Å². The first kappa shape index (κ1) is 42.5. The number of carbonyl (C=O) groups excluding carboxylic acids is 3. The van der Waals surface area contributed by atoms with Crippen LogP contribution in [-0.2, 0) is 23.7 Å². The molecule has 312 valence electrons. The molecule has 2 saturated carbocycles. The summed E-state index contributed by atoms with van der Waals surface area (Å²) in [5, 5.41) is 0.171. The Morgan fingerprint density at radius 2 is 1.75 bits per heavy atom. The Morgan fingerprint density at radius 1 is 1.00 bits per heavy atom. The Bertz CT molecular complexity index is 2270. The predicted octanol–water partition coefficient (Wildman–Crippen LogP) is 10.3. The Labute approximate surface area is 352 Å². The molecule has 3 fully saturated rings. The molecule has 1 aliphatic heterocycles. The Morgan fingerprint density at radius 3 is 2.41 bits per heavy atom. The van der Waals surface area contributed by atoms with Gasteiger partial charge in [0.2, 0.25) is 5.91 Å². The van der Waals surface area contributed by atoms with Gasteiger partial charge < -0.3 is 23.6 Å². The molecular weight excluding hydrogens is 787 g/mol. The molecule has 12 heteroatoms. The number of hydrogen-bond acceptors (Lipinski definition) is 9. The lowest BCUT2D eigenvalue weighted by Crippen LogP contribution is -2.48. The number of amides is 1. The maximum absolute atomic E-state index is 14.9. The molecular formula is C47H54ClN2O8P. The van der Waals surface area contributed by atoms with Crippen molar-refractivity contribution in [1.82, 2.24) is 9.88 Å². The maximum atomic E-state index is 14.9. The third kappa shape index (κ3) is 9.24. The van der Waals surface area contributed by atoms with Crippen molar-refractivity contribution in [1.29, 1.82) is 0 Å². The van der Waals surface area contributed by atoms with Crippen molar-refractivity contribution in [2.45, 2.75) is 95.5 Å². The van der Waals surface area contributed by atoms with Gasteiger partial charge in [0.1, 0.15) is 29.5 Å². The van der Waals surface area contributed by atoms with E-state index in [1.165, 1.54) is 0 Å². The van der Waals surface area contributed by atoms with E-state index in [-0.39, 0.29) is 49.5 Å². The molecule has 7 rings (SSSR count). The Kier molecular flexibility index (Phi) is 12.3. The third-order valence-electron chi connectivity index (χ3n) is 12.3. The number of fused-ring (bicyclic) bond motifs is 1. The smallest absolute Gasteiger partial charge is 0.306 e. The molecule has 2 aliphatic carbocycles. The van der Waals surface area contributed by atoms with Crippen LogP contribution in [0, 0.1) is 17.3 Å². The minimum Gasteiger partial charge on any atom is -0.497 e. The predicted molar refractivity (Wildman–Crippen MR) is 230 cm³/mol. The highest BCUT2D eigenvalue weighted by Gasteiger charge is 2.65. The van der Waals surface area contributed by atoms with E-state index >= 15 is 0 Å². The van der Waals surface area contributed by atoms with Crippen LogP contribution in [0.15, 0.2) is 91.5 Å². The number of methoxy groups -OCH3 is 1. The van der Waals surface area contributed by atoms with Crippen LogP contribution >= 0.6 is 19.0 Å². The van der Waals surface area contributed by atoms with Crippen molar-refractivity contribution in [3.63, 3.8) is 0 Å². The molecule has 59 heavy (non-hydrogen) atoms. The van der Waals surface area contributed by atoms with Crippen LogP contribution in [0.3, 0.4) is 0 Å². The number of benzene rings is 3. The molecule has 2 heterocycles. The van der Waals surface area contributed by atoms with E-state index in [4.69, 9.17) is 35.3 Å². The number of esters is 1. The largest absolute Gasteiger partial charge is 0.497 e. The SMILES string of the molecule is C=C[C@@H]1C[C@]1(CC(=O)[C@@H]1C[C@@H](Oc2cc(-c3ccccc3)nc3cc(OC)ccc23)CN1C(=O)[C@@H](CC(=O)OC1CCCC1)C(C)(C)C)P(C)(=O)Oc1cccc(Cl)c1. The topological polar surface area (TPSA) is 121 Å². The van der Waals surface area contributed by atoms with E-state index in [1.54, 1.807) is 49.0 Å². The highest BCUT2D eigenvalue weighted by molar-refractivity contribution is 7.60. The highest BCUT2D eigenvalue weighted by Crippen LogP contribution is 2.73. The standard InChI is InChI=1S/C47H54ClN2O8P/c1-7-31-27-47(31,59(6,54)58-35-19-13-16-32(48)22-35)28-42(51)41-24-36(29-50(41)45(53)38(46(2,3)4)25-44(52)57-33-17-11-12-18-33)56-43-26-39(30-14-9-8-10-15-30)49-40-23-34(55-5)20-21-37(40)43/h7-10,13-16,19-23,26,31,33,36,38,41H,1,11-12,17-18,24-25,27-29H2,2-6H3/t31-,36-,38-,41+,47-,59?/m1/s1. The molecule has 0 bridgehead atoms. The fraction of sp³-hybridized carbons (Fsp3) is 0.447. The average Bonchev–Trinajstić information content (AvgIpc) is 3.45. The van der Waals surface area contributed by atoms with E-state index in [0.717, 1.165) is 36.6 Å². The molecule has 0 radical (unpaired) electrons. The van der Waals surface area contributed by atoms with E-state index in [0.29, 0.717) is 39.9 Å². The molecule has 3 aromatic carbocycles. The fourth-order valence-electron chi connectivity index (χ4n) is 8.81. The summed E-state index contributed by atoms with van der Waals surface area (Å²) in [6.07, 6.45) is 5.07. The normalized spacial score (nSPS) is 23.3. The van der Waals surface area contributed by atoms with Gasteiger partial charge in [0.25, 0.3) is 7.37 Å². The number of nitrogens with zero attached hydrogens (tertiary/aromatic N) is 2. The number of aromatic nitrogens is 1. The monoisotopic (exact) mass is 840 g/mol. The van der Waals surface area contributed by atoms with Gasteiger partial charge in [0, 0.05) is 47.6 Å². The first-order valence-electron chi connectivity index (χ1n) is 20.5. The molecule has 1 aromatic heterocycles. The lowest BCUT2D eigenvalue weighted by atomic mass is 9.77. The number of allylic oxidation sites excluding steroid dienone is 1. The summed E-state index contributed by atoms with van der Waals surface area (Å²) in [5.41, 5.74) is 1.61. The summed E-state index contributed by atoms with van der Waals surface area (Å²) >= 11 is 6.24. The summed E-state index contributed by atoms with van der Waals surface area (Å²) in [4.78, 5) is 49.8. The van der Waals surface area contributed by atoms with Crippen molar-refractivity contribution in [3.05, 3.63) is 96.5 Å². The summed E-state index contributed by atoms with van der Waals surface area (Å²) in [6.45, 7) is 11.4. The Hall–Kier alpha value is -4.66. The van der Waals surface area contributed by atoms with Crippen LogP contribution in [0.1, 0.15) is 72.1 Å². The first-order valence-corrected chi connectivity index (χ1v) is 22.9. The number of carbonyl (C=O) groups is 3. The lowest BCUT2D eigenvalue weighted by molar-refractivity contribution is -0.156. The molecule has 4 aromatic rings. The summed E-state index contributed by atoms with van der Waals surface area (Å²) in [5.74, 6) is -0.447. The summed E-state index contributed by atoms with van der Waals surface area (Å²) in [6, 6.07) is 23.0. The molecule has 10 nitrogen and oxygen atoms in total. The molecule has 3 aliphatic rings. The van der Waals surface area contributed by atoms with Crippen LogP contribution in [-0.4, -0.2) is 71.3 Å². The zero-order valence-corrected chi connectivity index (χ0v) is 36.2. The molecule has 0 N–H and O–H groups in total. The number of ether oxygens (including phenoxy) is 3. The number of ketones is 1. The zero-order valence-electron chi connectivity index (χ0n) is 34.5. The third-order valence-corrected chi connectivity index (χ3v) is 15.4. The minimum atomic E-state index is -3.52. The van der Waals surface area contributed by atoms with E-state index in [2.05, 4.69) is 6.58 Å². The fourth-order valence-corrected chi connectivity index (χ4v) is 11.4. The highest BCUT2D eigenvalue weighted by atomic mass is 35.5. The van der Waals surface area contributed by atoms with E-state index in [9.17, 15) is 18.9 Å². The lowest BCUT2D eigenvalue weighted by Gasteiger charge is -2.35. The molecule has 0 spiro atoms. The van der Waals surface area contributed by atoms with Crippen molar-refractivity contribution in [2.75, 3.05) is 20.3 Å². The molecule has 1 unspecified atom stereocenters. The van der Waals surface area contributed by atoms with E-state index in [1.807, 2.05) is 75.4 Å². The number of Topliss-reactive ketones (excluding diaryl/α,β-unsaturated/α-hetero) is 1. The van der Waals surface area contributed by atoms with Gasteiger partial charge in [-0.3, -0.25) is 18.9 Å². The first-order chi connectivity index (χ1) is 28.1. The number of pyridine rings is 1. The van der Waals surface area contributed by atoms with Crippen molar-refractivity contribution >= 4 is 47.5 Å².